The summed E-state index contributed by atoms with van der Waals surface area (Å²) in [6, 6.07) is 5.47. The van der Waals surface area contributed by atoms with Crippen LogP contribution in [0, 0.1) is 6.92 Å². The third-order valence-corrected chi connectivity index (χ3v) is 2.74. The van der Waals surface area contributed by atoms with E-state index in [0.717, 1.165) is 24.1 Å². The number of nitrogen functional groups attached to an aromatic ring is 1. The average molecular weight is 257 g/mol. The average Bonchev–Trinajstić information content (AvgIpc) is 2.76. The van der Waals surface area contributed by atoms with Gasteiger partial charge in [-0.1, -0.05) is 6.07 Å². The molecule has 0 bridgehead atoms. The van der Waals surface area contributed by atoms with E-state index >= 15 is 0 Å². The molecule has 17 heavy (non-hydrogen) atoms. The van der Waals surface area contributed by atoms with E-state index in [9.17, 15) is 4.79 Å². The van der Waals surface area contributed by atoms with E-state index < -0.39 is 0 Å². The van der Waals surface area contributed by atoms with Crippen LogP contribution in [0.2, 0.25) is 0 Å². The third kappa shape index (κ3) is 3.35. The third-order valence-electron chi connectivity index (χ3n) is 2.74. The van der Waals surface area contributed by atoms with Crippen molar-refractivity contribution in [3.63, 3.8) is 0 Å². The largest absolute Gasteiger partial charge is 0.399 e. The van der Waals surface area contributed by atoms with Gasteiger partial charge in [0.2, 0.25) is 0 Å². The van der Waals surface area contributed by atoms with Crippen molar-refractivity contribution >= 4 is 29.7 Å². The van der Waals surface area contributed by atoms with E-state index in [-0.39, 0.29) is 24.4 Å². The summed E-state index contributed by atoms with van der Waals surface area (Å²) < 4.78 is 5.31. The molecular weight excluding hydrogens is 240 g/mol. The van der Waals surface area contributed by atoms with E-state index in [1.54, 1.807) is 6.07 Å². The molecule has 1 atom stereocenters. The van der Waals surface area contributed by atoms with Crippen LogP contribution in [0.5, 0.6) is 0 Å². The number of nitrogens with two attached hydrogens (primary N) is 1. The van der Waals surface area contributed by atoms with Crippen molar-refractivity contribution < 1.29 is 9.53 Å². The van der Waals surface area contributed by atoms with Gasteiger partial charge in [0.15, 0.2) is 0 Å². The van der Waals surface area contributed by atoms with Gasteiger partial charge in [-0.05, 0) is 37.5 Å². The van der Waals surface area contributed by atoms with Crippen LogP contribution in [-0.4, -0.2) is 18.6 Å². The molecule has 1 fully saturated rings. The van der Waals surface area contributed by atoms with Crippen LogP contribution < -0.4 is 11.1 Å². The van der Waals surface area contributed by atoms with Gasteiger partial charge in [0.05, 0.1) is 0 Å². The Balaban J connectivity index is 0.00000144. The highest BCUT2D eigenvalue weighted by Gasteiger charge is 2.23. The number of halogens is 1. The molecule has 4 nitrogen and oxygen atoms in total. The lowest BCUT2D eigenvalue weighted by molar-refractivity contribution is -0.124. The summed E-state index contributed by atoms with van der Waals surface area (Å²) >= 11 is 0. The Morgan fingerprint density at radius 3 is 2.94 bits per heavy atom. The van der Waals surface area contributed by atoms with E-state index in [4.69, 9.17) is 10.5 Å². The number of ether oxygens (including phenoxy) is 1. The van der Waals surface area contributed by atoms with Gasteiger partial charge in [-0.2, -0.15) is 0 Å². The summed E-state index contributed by atoms with van der Waals surface area (Å²) in [4.78, 5) is 11.8. The first-order chi connectivity index (χ1) is 7.66. The highest BCUT2D eigenvalue weighted by Crippen LogP contribution is 2.20. The van der Waals surface area contributed by atoms with Crippen molar-refractivity contribution in [2.45, 2.75) is 25.9 Å². The van der Waals surface area contributed by atoms with E-state index in [0.29, 0.717) is 12.3 Å². The van der Waals surface area contributed by atoms with Crippen LogP contribution >= 0.6 is 12.4 Å². The molecule has 0 aromatic heterocycles. The Hall–Kier alpha value is -1.26. The SMILES string of the molecule is Cc1ccc(N)cc1NC(=O)C1CCCO1.Cl. The number of anilines is 2. The van der Waals surface area contributed by atoms with Crippen LogP contribution in [0.4, 0.5) is 11.4 Å². The maximum absolute atomic E-state index is 11.8. The lowest BCUT2D eigenvalue weighted by Gasteiger charge is -2.12. The summed E-state index contributed by atoms with van der Waals surface area (Å²) in [5.74, 6) is -0.0776. The molecule has 1 unspecified atom stereocenters. The predicted molar refractivity (Wildman–Crippen MR) is 70.4 cm³/mol. The zero-order chi connectivity index (χ0) is 11.5. The Morgan fingerprint density at radius 2 is 2.29 bits per heavy atom. The second kappa shape index (κ2) is 5.89. The summed E-state index contributed by atoms with van der Waals surface area (Å²) in [5.41, 5.74) is 8.09. The lowest BCUT2D eigenvalue weighted by atomic mass is 10.1. The number of hydrogen-bond donors (Lipinski definition) is 2. The van der Waals surface area contributed by atoms with Crippen LogP contribution in [0.3, 0.4) is 0 Å². The summed E-state index contributed by atoms with van der Waals surface area (Å²) in [5, 5.41) is 2.85. The van der Waals surface area contributed by atoms with Crippen molar-refractivity contribution in [3.05, 3.63) is 23.8 Å². The molecule has 0 spiro atoms. The van der Waals surface area contributed by atoms with Crippen molar-refractivity contribution in [3.8, 4) is 0 Å². The molecule has 3 N–H and O–H groups in total. The van der Waals surface area contributed by atoms with E-state index in [1.165, 1.54) is 0 Å². The number of nitrogens with one attached hydrogen (secondary N) is 1. The zero-order valence-electron chi connectivity index (χ0n) is 9.73. The molecule has 1 heterocycles. The number of amides is 1. The van der Waals surface area contributed by atoms with Crippen LogP contribution in [0.15, 0.2) is 18.2 Å². The molecule has 1 aromatic carbocycles. The van der Waals surface area contributed by atoms with Crippen molar-refractivity contribution in [2.75, 3.05) is 17.7 Å². The Labute approximate surface area is 107 Å². The molecule has 5 heteroatoms. The first kappa shape index (κ1) is 13.8. The molecule has 2 rings (SSSR count). The summed E-state index contributed by atoms with van der Waals surface area (Å²) in [6.07, 6.45) is 1.45. The first-order valence-electron chi connectivity index (χ1n) is 5.45. The van der Waals surface area contributed by atoms with Gasteiger partial charge in [0.25, 0.3) is 5.91 Å². The standard InChI is InChI=1S/C12H16N2O2.ClH/c1-8-4-5-9(13)7-10(8)14-12(15)11-3-2-6-16-11;/h4-5,7,11H,2-3,6,13H2,1H3,(H,14,15);1H. The highest BCUT2D eigenvalue weighted by molar-refractivity contribution is 5.95. The second-order valence-corrected chi connectivity index (χ2v) is 4.07. The minimum Gasteiger partial charge on any atom is -0.399 e. The number of carbonyl (C=O) groups excluding carboxylic acids is 1. The van der Waals surface area contributed by atoms with Gasteiger partial charge >= 0.3 is 0 Å². The van der Waals surface area contributed by atoms with Crippen molar-refractivity contribution in [1.82, 2.24) is 0 Å². The molecule has 0 radical (unpaired) electrons. The monoisotopic (exact) mass is 256 g/mol. The summed E-state index contributed by atoms with van der Waals surface area (Å²) in [6.45, 7) is 2.61. The van der Waals surface area contributed by atoms with Crippen LogP contribution in [0.1, 0.15) is 18.4 Å². The topological polar surface area (TPSA) is 64.3 Å². The Bertz CT molecular complexity index is 403. The molecule has 1 amide bonds. The van der Waals surface area contributed by atoms with Gasteiger partial charge in [-0.3, -0.25) is 4.79 Å². The van der Waals surface area contributed by atoms with Crippen LogP contribution in [0.25, 0.3) is 0 Å². The number of aryl methyl sites for hydroxylation is 1. The normalized spacial score (nSPS) is 18.5. The minimum atomic E-state index is -0.305. The summed E-state index contributed by atoms with van der Waals surface area (Å²) in [7, 11) is 0. The molecule has 1 aliphatic rings. The van der Waals surface area contributed by atoms with Gasteiger partial charge in [-0.25, -0.2) is 0 Å². The van der Waals surface area contributed by atoms with Gasteiger partial charge in [0.1, 0.15) is 6.10 Å². The molecule has 1 saturated heterocycles. The Morgan fingerprint density at radius 1 is 1.53 bits per heavy atom. The minimum absolute atomic E-state index is 0. The molecule has 0 aliphatic carbocycles. The highest BCUT2D eigenvalue weighted by atomic mass is 35.5. The lowest BCUT2D eigenvalue weighted by Crippen LogP contribution is -2.27. The van der Waals surface area contributed by atoms with Gasteiger partial charge < -0.3 is 15.8 Å². The van der Waals surface area contributed by atoms with Gasteiger partial charge in [-0.15, -0.1) is 12.4 Å². The number of rotatable bonds is 2. The van der Waals surface area contributed by atoms with E-state index in [1.807, 2.05) is 19.1 Å². The smallest absolute Gasteiger partial charge is 0.253 e. The quantitative estimate of drug-likeness (QED) is 0.797. The van der Waals surface area contributed by atoms with E-state index in [2.05, 4.69) is 5.32 Å². The number of benzene rings is 1. The maximum Gasteiger partial charge on any atom is 0.253 e. The Kier molecular flexibility index (Phi) is 4.78. The molecule has 94 valence electrons. The molecule has 1 aromatic rings. The number of hydrogen-bond acceptors (Lipinski definition) is 3. The van der Waals surface area contributed by atoms with Crippen LogP contribution in [-0.2, 0) is 9.53 Å². The maximum atomic E-state index is 11.8. The first-order valence-corrected chi connectivity index (χ1v) is 5.45. The molecule has 1 aliphatic heterocycles. The van der Waals surface area contributed by atoms with Gasteiger partial charge in [0, 0.05) is 18.0 Å². The second-order valence-electron chi connectivity index (χ2n) is 4.07. The fourth-order valence-electron chi connectivity index (χ4n) is 1.77. The fourth-order valence-corrected chi connectivity index (χ4v) is 1.77. The fraction of sp³-hybridized carbons (Fsp3) is 0.417. The predicted octanol–water partition coefficient (Wildman–Crippen LogP) is 2.12. The zero-order valence-corrected chi connectivity index (χ0v) is 10.5. The molecular formula is C12H17ClN2O2. The molecule has 0 saturated carbocycles. The van der Waals surface area contributed by atoms with Crippen molar-refractivity contribution in [1.29, 1.82) is 0 Å². The van der Waals surface area contributed by atoms with Crippen molar-refractivity contribution in [2.24, 2.45) is 0 Å². The number of carbonyl (C=O) groups is 1.